The van der Waals surface area contributed by atoms with Gasteiger partial charge in [0.2, 0.25) is 0 Å². The maximum absolute atomic E-state index is 14.5. The highest BCUT2D eigenvalue weighted by atomic mass is 35.5. The number of hydrogen-bond donors (Lipinski definition) is 0. The first-order valence-electron chi connectivity index (χ1n) is 8.95. The minimum Gasteiger partial charge on any atom is -0.317 e. The first-order chi connectivity index (χ1) is 13.2. The molecule has 2 aromatic carbocycles. The molecule has 0 N–H and O–H groups in total. The number of aryl methyl sites for hydroxylation is 2. The molecule has 2 aliphatic heterocycles. The highest BCUT2D eigenvalue weighted by molar-refractivity contribution is 8.15. The van der Waals surface area contributed by atoms with Crippen molar-refractivity contribution >= 4 is 44.1 Å². The van der Waals surface area contributed by atoms with Gasteiger partial charge in [-0.15, -0.1) is 0 Å². The standard InChI is InChI=1S/C20H20ClFN2O2S2/c1-12-6-13(2)8-14(7-12)24(9-15-16(21)4-3-5-17(15)22)20-23-18-10-28(25,26)11-19(18)27-20/h3-8,18-19H,9-11H2,1-2H3/t18-,19-/m0/s1. The van der Waals surface area contributed by atoms with Crippen LogP contribution in [0.3, 0.4) is 0 Å². The Morgan fingerprint density at radius 2 is 1.93 bits per heavy atom. The van der Waals surface area contributed by atoms with E-state index in [4.69, 9.17) is 16.6 Å². The second-order valence-electron chi connectivity index (χ2n) is 7.34. The number of nitrogens with zero attached hydrogens (tertiary/aromatic N) is 2. The van der Waals surface area contributed by atoms with Crippen LogP contribution in [0.15, 0.2) is 41.4 Å². The SMILES string of the molecule is Cc1cc(C)cc(N(Cc2c(F)cccc2Cl)C2=N[C@H]3CS(=O)(=O)C[C@@H]3S2)c1. The summed E-state index contributed by atoms with van der Waals surface area (Å²) in [5, 5.41) is 1.000. The smallest absolute Gasteiger partial charge is 0.164 e. The van der Waals surface area contributed by atoms with Crippen molar-refractivity contribution in [3.8, 4) is 0 Å². The van der Waals surface area contributed by atoms with Gasteiger partial charge in [0, 0.05) is 21.5 Å². The zero-order valence-electron chi connectivity index (χ0n) is 15.5. The van der Waals surface area contributed by atoms with E-state index in [2.05, 4.69) is 6.07 Å². The molecule has 0 saturated carbocycles. The van der Waals surface area contributed by atoms with E-state index in [0.29, 0.717) is 15.8 Å². The van der Waals surface area contributed by atoms with Gasteiger partial charge in [0.05, 0.1) is 24.1 Å². The maximum Gasteiger partial charge on any atom is 0.164 e. The zero-order chi connectivity index (χ0) is 20.1. The van der Waals surface area contributed by atoms with Gasteiger partial charge in [-0.25, -0.2) is 12.8 Å². The summed E-state index contributed by atoms with van der Waals surface area (Å²) in [5.74, 6) is -0.153. The van der Waals surface area contributed by atoms with Crippen LogP contribution >= 0.6 is 23.4 Å². The van der Waals surface area contributed by atoms with E-state index in [-0.39, 0.29) is 35.2 Å². The molecule has 0 unspecified atom stereocenters. The number of anilines is 1. The predicted octanol–water partition coefficient (Wildman–Crippen LogP) is 4.37. The zero-order valence-corrected chi connectivity index (χ0v) is 17.9. The van der Waals surface area contributed by atoms with Crippen molar-refractivity contribution in [1.29, 1.82) is 0 Å². The van der Waals surface area contributed by atoms with Gasteiger partial charge in [0.25, 0.3) is 0 Å². The third-order valence-corrected chi connectivity index (χ3v) is 8.53. The third kappa shape index (κ3) is 3.93. The van der Waals surface area contributed by atoms with Crippen molar-refractivity contribution in [1.82, 2.24) is 0 Å². The van der Waals surface area contributed by atoms with Gasteiger partial charge in [0.1, 0.15) is 5.82 Å². The van der Waals surface area contributed by atoms with Crippen molar-refractivity contribution in [2.75, 3.05) is 16.4 Å². The molecule has 2 aliphatic rings. The second kappa shape index (κ2) is 7.35. The molecule has 0 radical (unpaired) electrons. The van der Waals surface area contributed by atoms with Gasteiger partial charge in [-0.05, 0) is 49.2 Å². The summed E-state index contributed by atoms with van der Waals surface area (Å²) in [6.45, 7) is 4.25. The van der Waals surface area contributed by atoms with Crippen LogP contribution in [-0.2, 0) is 16.4 Å². The summed E-state index contributed by atoms with van der Waals surface area (Å²) in [5.41, 5.74) is 3.47. The Balaban J connectivity index is 1.75. The molecule has 8 heteroatoms. The Hall–Kier alpha value is -1.57. The quantitative estimate of drug-likeness (QED) is 0.713. The number of benzene rings is 2. The molecule has 0 bridgehead atoms. The van der Waals surface area contributed by atoms with Gasteiger partial charge < -0.3 is 4.90 Å². The average molecular weight is 439 g/mol. The molecule has 0 amide bonds. The molecule has 148 valence electrons. The summed E-state index contributed by atoms with van der Waals surface area (Å²) in [4.78, 5) is 6.64. The number of fused-ring (bicyclic) bond motifs is 1. The van der Waals surface area contributed by atoms with Crippen molar-refractivity contribution in [3.05, 3.63) is 63.9 Å². The Morgan fingerprint density at radius 3 is 2.57 bits per heavy atom. The molecular weight excluding hydrogens is 419 g/mol. The molecule has 4 nitrogen and oxygen atoms in total. The fraction of sp³-hybridized carbons (Fsp3) is 0.350. The summed E-state index contributed by atoms with van der Waals surface area (Å²) in [6, 6.07) is 10.5. The topological polar surface area (TPSA) is 49.7 Å². The van der Waals surface area contributed by atoms with Gasteiger partial charge in [0.15, 0.2) is 15.0 Å². The lowest BCUT2D eigenvalue weighted by Crippen LogP contribution is -2.29. The highest BCUT2D eigenvalue weighted by Gasteiger charge is 2.44. The van der Waals surface area contributed by atoms with Crippen molar-refractivity contribution in [3.63, 3.8) is 0 Å². The lowest BCUT2D eigenvalue weighted by Gasteiger charge is -2.26. The van der Waals surface area contributed by atoms with Gasteiger partial charge in [-0.2, -0.15) is 0 Å². The minimum absolute atomic E-state index is 0.0787. The minimum atomic E-state index is -3.03. The summed E-state index contributed by atoms with van der Waals surface area (Å²) in [6.07, 6.45) is 0. The Labute approximate surface area is 173 Å². The first kappa shape index (κ1) is 19.7. The molecule has 2 atom stereocenters. The second-order valence-corrected chi connectivity index (χ2v) is 11.1. The van der Waals surface area contributed by atoms with E-state index < -0.39 is 9.84 Å². The van der Waals surface area contributed by atoms with Crippen LogP contribution in [0, 0.1) is 19.7 Å². The van der Waals surface area contributed by atoms with Crippen LogP contribution in [-0.4, -0.2) is 36.4 Å². The fourth-order valence-electron chi connectivity index (χ4n) is 3.69. The van der Waals surface area contributed by atoms with Gasteiger partial charge >= 0.3 is 0 Å². The molecule has 2 aromatic rings. The Morgan fingerprint density at radius 1 is 1.21 bits per heavy atom. The molecule has 28 heavy (non-hydrogen) atoms. The molecule has 2 heterocycles. The van der Waals surface area contributed by atoms with E-state index in [9.17, 15) is 12.8 Å². The number of aliphatic imine (C=N–C) groups is 1. The summed E-state index contributed by atoms with van der Waals surface area (Å²) >= 11 is 7.73. The predicted molar refractivity (Wildman–Crippen MR) is 115 cm³/mol. The monoisotopic (exact) mass is 438 g/mol. The van der Waals surface area contributed by atoms with Crippen LogP contribution in [0.4, 0.5) is 10.1 Å². The molecule has 0 aliphatic carbocycles. The summed E-state index contributed by atoms with van der Waals surface area (Å²) in [7, 11) is -3.03. The Kier molecular flexibility index (Phi) is 5.18. The van der Waals surface area contributed by atoms with Crippen LogP contribution < -0.4 is 4.90 Å². The summed E-state index contributed by atoms with van der Waals surface area (Å²) < 4.78 is 38.3. The van der Waals surface area contributed by atoms with E-state index in [1.807, 2.05) is 30.9 Å². The van der Waals surface area contributed by atoms with E-state index in [1.54, 1.807) is 12.1 Å². The van der Waals surface area contributed by atoms with Crippen molar-refractivity contribution in [2.45, 2.75) is 31.7 Å². The first-order valence-corrected chi connectivity index (χ1v) is 12.0. The normalized spacial score (nSPS) is 22.8. The molecule has 1 fully saturated rings. The number of halogens is 2. The van der Waals surface area contributed by atoms with Gasteiger partial charge in [-0.3, -0.25) is 4.99 Å². The molecular formula is C20H20ClFN2O2S2. The van der Waals surface area contributed by atoms with E-state index in [0.717, 1.165) is 16.8 Å². The lowest BCUT2D eigenvalue weighted by atomic mass is 10.1. The highest BCUT2D eigenvalue weighted by Crippen LogP contribution is 2.38. The van der Waals surface area contributed by atoms with Crippen LogP contribution in [0.2, 0.25) is 5.02 Å². The molecule has 4 rings (SSSR count). The molecule has 0 aromatic heterocycles. The number of hydrogen-bond acceptors (Lipinski definition) is 5. The lowest BCUT2D eigenvalue weighted by molar-refractivity contribution is 0.601. The van der Waals surface area contributed by atoms with Crippen LogP contribution in [0.1, 0.15) is 16.7 Å². The van der Waals surface area contributed by atoms with Gasteiger partial charge in [-0.1, -0.05) is 35.5 Å². The van der Waals surface area contributed by atoms with Crippen LogP contribution in [0.5, 0.6) is 0 Å². The Bertz CT molecular complexity index is 1030. The average Bonchev–Trinajstić information content (AvgIpc) is 3.07. The van der Waals surface area contributed by atoms with Crippen molar-refractivity contribution in [2.24, 2.45) is 4.99 Å². The largest absolute Gasteiger partial charge is 0.317 e. The molecule has 0 spiro atoms. The molecule has 1 saturated heterocycles. The van der Waals surface area contributed by atoms with Crippen LogP contribution in [0.25, 0.3) is 0 Å². The number of thioether (sulfide) groups is 1. The van der Waals surface area contributed by atoms with Crippen molar-refractivity contribution < 1.29 is 12.8 Å². The fourth-order valence-corrected chi connectivity index (χ4v) is 7.69. The third-order valence-electron chi connectivity index (χ3n) is 4.93. The maximum atomic E-state index is 14.5. The van der Waals surface area contributed by atoms with E-state index in [1.165, 1.54) is 17.8 Å². The number of sulfone groups is 1. The number of rotatable bonds is 3. The number of amidine groups is 1. The van der Waals surface area contributed by atoms with E-state index >= 15 is 0 Å².